The third-order valence-corrected chi connectivity index (χ3v) is 6.33. The molecule has 2 aliphatic rings. The van der Waals surface area contributed by atoms with Gasteiger partial charge in [0, 0.05) is 38.4 Å². The summed E-state index contributed by atoms with van der Waals surface area (Å²) in [6.45, 7) is 5.44. The minimum atomic E-state index is 0. The Bertz CT molecular complexity index is 959. The molecule has 3 aromatic rings. The van der Waals surface area contributed by atoms with Crippen molar-refractivity contribution in [2.24, 2.45) is 0 Å². The molecule has 4 heteroatoms. The van der Waals surface area contributed by atoms with Gasteiger partial charge >= 0.3 is 0 Å². The summed E-state index contributed by atoms with van der Waals surface area (Å²) in [4.78, 5) is 5.09. The fourth-order valence-electron chi connectivity index (χ4n) is 4.68. The van der Waals surface area contributed by atoms with E-state index in [4.69, 9.17) is 0 Å². The standard InChI is InChI=1S/C27H28N2.2ClH/c1-2-10-24(11-3-1)29-20-18-28(19-21-29)17-16-27-25-12-6-4-8-22(25)14-15-23-9-5-7-13-26(23)27;;/h1-13,16H,14-15,17-21H2;2*1H. The maximum Gasteiger partial charge on any atom is 0.0367 e. The van der Waals surface area contributed by atoms with E-state index in [1.807, 2.05) is 0 Å². The van der Waals surface area contributed by atoms with Crippen molar-refractivity contribution in [3.63, 3.8) is 0 Å². The Morgan fingerprint density at radius 1 is 0.613 bits per heavy atom. The monoisotopic (exact) mass is 452 g/mol. The first-order valence-corrected chi connectivity index (χ1v) is 10.8. The first-order valence-electron chi connectivity index (χ1n) is 10.8. The summed E-state index contributed by atoms with van der Waals surface area (Å²) in [6.07, 6.45) is 4.72. The molecular weight excluding hydrogens is 423 g/mol. The van der Waals surface area contributed by atoms with E-state index in [1.54, 1.807) is 0 Å². The van der Waals surface area contributed by atoms with E-state index >= 15 is 0 Å². The number of fused-ring (bicyclic) bond motifs is 2. The minimum Gasteiger partial charge on any atom is -0.369 e. The molecule has 0 saturated carbocycles. The van der Waals surface area contributed by atoms with Crippen LogP contribution in [0.15, 0.2) is 84.9 Å². The van der Waals surface area contributed by atoms with Gasteiger partial charge in [-0.1, -0.05) is 72.8 Å². The summed E-state index contributed by atoms with van der Waals surface area (Å²) < 4.78 is 0. The van der Waals surface area contributed by atoms with Gasteiger partial charge in [0.2, 0.25) is 0 Å². The van der Waals surface area contributed by atoms with E-state index < -0.39 is 0 Å². The molecule has 162 valence electrons. The first-order chi connectivity index (χ1) is 14.4. The van der Waals surface area contributed by atoms with E-state index in [1.165, 1.54) is 33.5 Å². The van der Waals surface area contributed by atoms with Crippen molar-refractivity contribution in [1.82, 2.24) is 4.90 Å². The van der Waals surface area contributed by atoms with Crippen LogP contribution in [0.4, 0.5) is 5.69 Å². The Kier molecular flexibility index (Phi) is 8.20. The third-order valence-electron chi connectivity index (χ3n) is 6.33. The predicted molar refractivity (Wildman–Crippen MR) is 137 cm³/mol. The molecule has 3 aromatic carbocycles. The van der Waals surface area contributed by atoms with Gasteiger partial charge in [0.1, 0.15) is 0 Å². The molecule has 0 bridgehead atoms. The lowest BCUT2D eigenvalue weighted by Gasteiger charge is -2.35. The highest BCUT2D eigenvalue weighted by atomic mass is 35.5. The number of nitrogens with zero attached hydrogens (tertiary/aromatic N) is 2. The second-order valence-corrected chi connectivity index (χ2v) is 8.06. The van der Waals surface area contributed by atoms with E-state index in [0.29, 0.717) is 0 Å². The Hall–Kier alpha value is -2.26. The van der Waals surface area contributed by atoms with Crippen molar-refractivity contribution in [3.8, 4) is 0 Å². The van der Waals surface area contributed by atoms with Crippen molar-refractivity contribution in [1.29, 1.82) is 0 Å². The predicted octanol–water partition coefficient (Wildman–Crippen LogP) is 5.88. The van der Waals surface area contributed by atoms with Gasteiger partial charge in [-0.25, -0.2) is 0 Å². The molecule has 0 radical (unpaired) electrons. The van der Waals surface area contributed by atoms with Crippen LogP contribution in [0, 0.1) is 0 Å². The molecule has 1 aliphatic carbocycles. The van der Waals surface area contributed by atoms with Gasteiger partial charge in [-0.3, -0.25) is 4.90 Å². The second kappa shape index (κ2) is 10.9. The molecule has 0 aromatic heterocycles. The molecule has 31 heavy (non-hydrogen) atoms. The quantitative estimate of drug-likeness (QED) is 0.489. The lowest BCUT2D eigenvalue weighted by Crippen LogP contribution is -2.46. The highest BCUT2D eigenvalue weighted by Crippen LogP contribution is 2.33. The van der Waals surface area contributed by atoms with Crippen LogP contribution in [0.1, 0.15) is 22.3 Å². The average Bonchev–Trinajstić information content (AvgIpc) is 2.96. The Labute approximate surface area is 198 Å². The minimum absolute atomic E-state index is 0. The van der Waals surface area contributed by atoms with Crippen molar-refractivity contribution >= 4 is 36.1 Å². The van der Waals surface area contributed by atoms with E-state index in [-0.39, 0.29) is 24.8 Å². The van der Waals surface area contributed by atoms with Crippen LogP contribution in [0.2, 0.25) is 0 Å². The summed E-state index contributed by atoms with van der Waals surface area (Å²) in [6, 6.07) is 28.7. The Morgan fingerprint density at radius 3 is 1.71 bits per heavy atom. The van der Waals surface area contributed by atoms with Crippen LogP contribution in [0.5, 0.6) is 0 Å². The number of hydrogen-bond acceptors (Lipinski definition) is 2. The third kappa shape index (κ3) is 5.15. The molecule has 1 fully saturated rings. The zero-order valence-electron chi connectivity index (χ0n) is 17.7. The van der Waals surface area contributed by atoms with E-state index in [9.17, 15) is 0 Å². The maximum absolute atomic E-state index is 2.59. The molecular formula is C27H30Cl2N2. The van der Waals surface area contributed by atoms with Crippen LogP contribution >= 0.6 is 24.8 Å². The molecule has 0 atom stereocenters. The molecule has 5 rings (SSSR count). The van der Waals surface area contributed by atoms with Crippen LogP contribution < -0.4 is 4.90 Å². The number of aryl methyl sites for hydroxylation is 2. The molecule has 1 aliphatic heterocycles. The van der Waals surface area contributed by atoms with Crippen LogP contribution in [0.25, 0.3) is 5.57 Å². The highest BCUT2D eigenvalue weighted by molar-refractivity contribution is 5.86. The SMILES string of the molecule is C(CN1CCN(c2ccccc2)CC1)=C1c2ccccc2CCc2ccccc21.Cl.Cl. The summed E-state index contributed by atoms with van der Waals surface area (Å²) in [5, 5.41) is 0. The summed E-state index contributed by atoms with van der Waals surface area (Å²) in [5.41, 5.74) is 8.55. The summed E-state index contributed by atoms with van der Waals surface area (Å²) >= 11 is 0. The van der Waals surface area contributed by atoms with Gasteiger partial charge in [0.05, 0.1) is 0 Å². The van der Waals surface area contributed by atoms with Gasteiger partial charge in [-0.15, -0.1) is 24.8 Å². The van der Waals surface area contributed by atoms with Crippen LogP contribution in [-0.2, 0) is 12.8 Å². The molecule has 0 amide bonds. The second-order valence-electron chi connectivity index (χ2n) is 8.06. The molecule has 1 heterocycles. The van der Waals surface area contributed by atoms with E-state index in [0.717, 1.165) is 45.6 Å². The lowest BCUT2D eigenvalue weighted by atomic mass is 9.93. The number of benzene rings is 3. The number of anilines is 1. The zero-order valence-corrected chi connectivity index (χ0v) is 19.4. The van der Waals surface area contributed by atoms with Crippen molar-refractivity contribution in [3.05, 3.63) is 107 Å². The molecule has 0 spiro atoms. The van der Waals surface area contributed by atoms with Gasteiger partial charge < -0.3 is 4.90 Å². The number of halogens is 2. The Morgan fingerprint density at radius 2 is 1.13 bits per heavy atom. The number of rotatable bonds is 3. The normalized spacial score (nSPS) is 15.6. The number of para-hydroxylation sites is 1. The van der Waals surface area contributed by atoms with Gasteiger partial charge in [-0.05, 0) is 52.8 Å². The number of piperazine rings is 1. The Balaban J connectivity index is 0.00000136. The average molecular weight is 453 g/mol. The maximum atomic E-state index is 2.59. The first kappa shape index (κ1) is 23.4. The largest absolute Gasteiger partial charge is 0.369 e. The van der Waals surface area contributed by atoms with Crippen LogP contribution in [0.3, 0.4) is 0 Å². The van der Waals surface area contributed by atoms with Gasteiger partial charge in [0.25, 0.3) is 0 Å². The van der Waals surface area contributed by atoms with Gasteiger partial charge in [-0.2, -0.15) is 0 Å². The smallest absolute Gasteiger partial charge is 0.0367 e. The van der Waals surface area contributed by atoms with Crippen molar-refractivity contribution in [2.45, 2.75) is 12.8 Å². The molecule has 2 nitrogen and oxygen atoms in total. The molecule has 1 saturated heterocycles. The van der Waals surface area contributed by atoms with Crippen LogP contribution in [-0.4, -0.2) is 37.6 Å². The topological polar surface area (TPSA) is 6.48 Å². The van der Waals surface area contributed by atoms with Crippen molar-refractivity contribution < 1.29 is 0 Å². The fraction of sp³-hybridized carbons (Fsp3) is 0.259. The molecule has 0 unspecified atom stereocenters. The fourth-order valence-corrected chi connectivity index (χ4v) is 4.68. The summed E-state index contributed by atoms with van der Waals surface area (Å²) in [7, 11) is 0. The van der Waals surface area contributed by atoms with Crippen molar-refractivity contribution in [2.75, 3.05) is 37.6 Å². The zero-order chi connectivity index (χ0) is 19.5. The van der Waals surface area contributed by atoms with E-state index in [2.05, 4.69) is 94.7 Å². The lowest BCUT2D eigenvalue weighted by molar-refractivity contribution is 0.284. The summed E-state index contributed by atoms with van der Waals surface area (Å²) in [5.74, 6) is 0. The highest BCUT2D eigenvalue weighted by Gasteiger charge is 2.19. The van der Waals surface area contributed by atoms with Gasteiger partial charge in [0.15, 0.2) is 0 Å². The number of hydrogen-bond donors (Lipinski definition) is 0. The molecule has 0 N–H and O–H groups in total.